The first kappa shape index (κ1) is 28.0. The molecule has 0 aromatic heterocycles. The summed E-state index contributed by atoms with van der Waals surface area (Å²) in [7, 11) is 2.98. The van der Waals surface area contributed by atoms with Crippen molar-refractivity contribution in [3.8, 4) is 0 Å². The van der Waals surface area contributed by atoms with Crippen LogP contribution in [0.3, 0.4) is 0 Å². The molecule has 1 fully saturated rings. The predicted molar refractivity (Wildman–Crippen MR) is 121 cm³/mol. The molecule has 8 unspecified atom stereocenters. The van der Waals surface area contributed by atoms with Gasteiger partial charge in [-0.1, -0.05) is 19.1 Å². The third-order valence-corrected chi connectivity index (χ3v) is 6.68. The van der Waals surface area contributed by atoms with Crippen LogP contribution in [-0.2, 0) is 42.9 Å². The van der Waals surface area contributed by atoms with Crippen molar-refractivity contribution in [3.05, 3.63) is 12.2 Å². The lowest BCUT2D eigenvalue weighted by Gasteiger charge is -2.49. The second-order valence-electron chi connectivity index (χ2n) is 9.77. The van der Waals surface area contributed by atoms with Crippen LogP contribution in [0.25, 0.3) is 0 Å². The maximum absolute atomic E-state index is 13.4. The van der Waals surface area contributed by atoms with Gasteiger partial charge in [0.25, 0.3) is 0 Å². The number of allylic oxidation sites excluding steroid dienone is 2. The van der Waals surface area contributed by atoms with Gasteiger partial charge in [-0.25, -0.2) is 0 Å². The largest absolute Gasteiger partial charge is 0.460 e. The van der Waals surface area contributed by atoms with E-state index in [0.29, 0.717) is 12.7 Å². The molecule has 34 heavy (non-hydrogen) atoms. The SMILES string of the molecule is CCC(C)(C)OC(=O)C1C2C=CC(C(C=O)C2C(=O)OC(C)COC)C1C(=O)OC(C)COC. The van der Waals surface area contributed by atoms with Gasteiger partial charge in [-0.2, -0.15) is 0 Å². The summed E-state index contributed by atoms with van der Waals surface area (Å²) in [6, 6.07) is 0. The van der Waals surface area contributed by atoms with E-state index in [0.717, 1.165) is 0 Å². The Morgan fingerprint density at radius 1 is 0.853 bits per heavy atom. The summed E-state index contributed by atoms with van der Waals surface area (Å²) < 4.78 is 26.9. The Morgan fingerprint density at radius 3 is 1.79 bits per heavy atom. The maximum atomic E-state index is 13.4. The molecule has 1 saturated carbocycles. The zero-order chi connectivity index (χ0) is 25.6. The standard InChI is InChI=1S/C25H38O9/c1-8-25(4,5)34-24(29)21-17-10-9-16(20(21)23(28)33-15(3)13-31-7)18(11-26)19(17)22(27)32-14(2)12-30-6/h9-11,14-21H,8,12-13H2,1-7H3. The van der Waals surface area contributed by atoms with Gasteiger partial charge in [-0.3, -0.25) is 14.4 Å². The van der Waals surface area contributed by atoms with Crippen LogP contribution in [0.5, 0.6) is 0 Å². The van der Waals surface area contributed by atoms with Gasteiger partial charge in [-0.15, -0.1) is 0 Å². The van der Waals surface area contributed by atoms with Crippen LogP contribution in [0.4, 0.5) is 0 Å². The number of aldehydes is 1. The van der Waals surface area contributed by atoms with Crippen LogP contribution in [-0.4, -0.2) is 69.4 Å². The van der Waals surface area contributed by atoms with E-state index >= 15 is 0 Å². The molecule has 9 nitrogen and oxygen atoms in total. The van der Waals surface area contributed by atoms with Gasteiger partial charge in [0.2, 0.25) is 0 Å². The van der Waals surface area contributed by atoms with Gasteiger partial charge >= 0.3 is 17.9 Å². The first-order chi connectivity index (χ1) is 16.0. The number of esters is 3. The average Bonchev–Trinajstić information content (AvgIpc) is 2.77. The van der Waals surface area contributed by atoms with Crippen molar-refractivity contribution in [3.63, 3.8) is 0 Å². The first-order valence-corrected chi connectivity index (χ1v) is 11.8. The van der Waals surface area contributed by atoms with Gasteiger partial charge in [0.05, 0.1) is 31.0 Å². The van der Waals surface area contributed by atoms with Crippen LogP contribution in [0.1, 0.15) is 41.0 Å². The van der Waals surface area contributed by atoms with E-state index in [1.165, 1.54) is 14.2 Å². The Balaban J connectivity index is 2.44. The summed E-state index contributed by atoms with van der Waals surface area (Å²) >= 11 is 0. The predicted octanol–water partition coefficient (Wildman–Crippen LogP) is 2.35. The van der Waals surface area contributed by atoms with Crippen molar-refractivity contribution < 1.29 is 42.9 Å². The second-order valence-corrected chi connectivity index (χ2v) is 9.77. The normalized spacial score (nSPS) is 29.7. The van der Waals surface area contributed by atoms with Crippen molar-refractivity contribution in [2.75, 3.05) is 27.4 Å². The maximum Gasteiger partial charge on any atom is 0.310 e. The highest BCUT2D eigenvalue weighted by Gasteiger charge is 2.60. The van der Waals surface area contributed by atoms with Gasteiger partial charge in [0.1, 0.15) is 24.1 Å². The number of carbonyl (C=O) groups excluding carboxylic acids is 4. The van der Waals surface area contributed by atoms with E-state index in [9.17, 15) is 19.2 Å². The summed E-state index contributed by atoms with van der Waals surface area (Å²) in [6.07, 6.45) is 3.61. The van der Waals surface area contributed by atoms with Crippen molar-refractivity contribution in [2.45, 2.75) is 58.8 Å². The van der Waals surface area contributed by atoms with Crippen molar-refractivity contribution in [1.82, 2.24) is 0 Å². The molecule has 8 atom stereocenters. The summed E-state index contributed by atoms with van der Waals surface area (Å²) in [5.41, 5.74) is -0.762. The molecule has 9 heteroatoms. The Hall–Kier alpha value is -2.26. The van der Waals surface area contributed by atoms with Gasteiger partial charge < -0.3 is 28.5 Å². The van der Waals surface area contributed by atoms with E-state index in [4.69, 9.17) is 23.7 Å². The summed E-state index contributed by atoms with van der Waals surface area (Å²) in [5.74, 6) is -7.00. The highest BCUT2D eigenvalue weighted by molar-refractivity contribution is 5.88. The highest BCUT2D eigenvalue weighted by Crippen LogP contribution is 2.52. The number of methoxy groups -OCH3 is 2. The Labute approximate surface area is 201 Å². The molecule has 0 heterocycles. The molecular weight excluding hydrogens is 444 g/mol. The number of hydrogen-bond acceptors (Lipinski definition) is 9. The van der Waals surface area contributed by atoms with Gasteiger partial charge in [0, 0.05) is 32.0 Å². The van der Waals surface area contributed by atoms with E-state index < -0.39 is 71.2 Å². The summed E-state index contributed by atoms with van der Waals surface area (Å²) in [6.45, 7) is 9.19. The monoisotopic (exact) mass is 482 g/mol. The van der Waals surface area contributed by atoms with Crippen LogP contribution in [0, 0.1) is 35.5 Å². The smallest absolute Gasteiger partial charge is 0.310 e. The van der Waals surface area contributed by atoms with Crippen LogP contribution in [0.2, 0.25) is 0 Å². The summed E-state index contributed by atoms with van der Waals surface area (Å²) in [5, 5.41) is 0. The topological polar surface area (TPSA) is 114 Å². The molecule has 0 aliphatic heterocycles. The van der Waals surface area contributed by atoms with E-state index in [1.807, 2.05) is 6.92 Å². The molecule has 2 bridgehead atoms. The number of fused-ring (bicyclic) bond motifs is 2. The second kappa shape index (κ2) is 11.9. The lowest BCUT2D eigenvalue weighted by Crippen LogP contribution is -2.57. The number of hydrogen-bond donors (Lipinski definition) is 0. The molecule has 0 aromatic carbocycles. The molecule has 0 spiro atoms. The van der Waals surface area contributed by atoms with Crippen molar-refractivity contribution >= 4 is 24.2 Å². The number of carbonyl (C=O) groups is 4. The van der Waals surface area contributed by atoms with Crippen molar-refractivity contribution in [2.24, 2.45) is 35.5 Å². The quantitative estimate of drug-likeness (QED) is 0.179. The Morgan fingerprint density at radius 2 is 1.32 bits per heavy atom. The number of rotatable bonds is 12. The van der Waals surface area contributed by atoms with Crippen LogP contribution < -0.4 is 0 Å². The average molecular weight is 483 g/mol. The Bertz CT molecular complexity index is 774. The fourth-order valence-corrected chi connectivity index (χ4v) is 4.78. The third kappa shape index (κ3) is 6.24. The molecule has 0 radical (unpaired) electrons. The summed E-state index contributed by atoms with van der Waals surface area (Å²) in [4.78, 5) is 52.0. The fourth-order valence-electron chi connectivity index (χ4n) is 4.78. The lowest BCUT2D eigenvalue weighted by molar-refractivity contribution is -0.188. The molecule has 0 aromatic rings. The zero-order valence-corrected chi connectivity index (χ0v) is 21.1. The fraction of sp³-hybridized carbons (Fsp3) is 0.760. The number of ether oxygens (including phenoxy) is 5. The first-order valence-electron chi connectivity index (χ1n) is 11.8. The van der Waals surface area contributed by atoms with Gasteiger partial charge in [0.15, 0.2) is 0 Å². The van der Waals surface area contributed by atoms with E-state index in [2.05, 4.69) is 0 Å². The zero-order valence-electron chi connectivity index (χ0n) is 21.1. The van der Waals surface area contributed by atoms with Gasteiger partial charge in [-0.05, 0) is 34.1 Å². The molecule has 0 saturated heterocycles. The van der Waals surface area contributed by atoms with Crippen molar-refractivity contribution in [1.29, 1.82) is 0 Å². The minimum atomic E-state index is -0.991. The molecule has 0 N–H and O–H groups in total. The minimum absolute atomic E-state index is 0.184. The molecular formula is C25H38O9. The highest BCUT2D eigenvalue weighted by atomic mass is 16.6. The third-order valence-electron chi connectivity index (χ3n) is 6.68. The molecule has 3 aliphatic carbocycles. The van der Waals surface area contributed by atoms with E-state index in [1.54, 1.807) is 39.8 Å². The molecule has 3 aliphatic rings. The lowest BCUT2D eigenvalue weighted by atomic mass is 9.53. The minimum Gasteiger partial charge on any atom is -0.460 e. The Kier molecular flexibility index (Phi) is 9.82. The van der Waals surface area contributed by atoms with Crippen LogP contribution >= 0.6 is 0 Å². The molecule has 3 rings (SSSR count). The van der Waals surface area contributed by atoms with E-state index in [-0.39, 0.29) is 13.2 Å². The van der Waals surface area contributed by atoms with Crippen LogP contribution in [0.15, 0.2) is 12.2 Å². The molecule has 0 amide bonds. The molecule has 192 valence electrons.